The van der Waals surface area contributed by atoms with Gasteiger partial charge >= 0.3 is 5.97 Å². The van der Waals surface area contributed by atoms with Crippen molar-refractivity contribution in [3.8, 4) is 0 Å². The Bertz CT molecular complexity index is 371. The fourth-order valence-corrected chi connectivity index (χ4v) is 1.16. The number of hydrogen-bond acceptors (Lipinski definition) is 3. The SMILES string of the molecule is CCOC(=O)c1ncc(Cl)cc1C(F)F. The molecule has 0 aromatic carbocycles. The van der Waals surface area contributed by atoms with Crippen molar-refractivity contribution in [2.45, 2.75) is 13.3 Å². The molecule has 0 spiro atoms. The Hall–Kier alpha value is -1.23. The number of nitrogens with zero attached hydrogens (tertiary/aromatic N) is 1. The maximum absolute atomic E-state index is 12.5. The van der Waals surface area contributed by atoms with Gasteiger partial charge in [-0.1, -0.05) is 11.6 Å². The zero-order valence-electron chi connectivity index (χ0n) is 7.84. The summed E-state index contributed by atoms with van der Waals surface area (Å²) < 4.78 is 29.6. The van der Waals surface area contributed by atoms with Gasteiger partial charge in [-0.2, -0.15) is 0 Å². The largest absolute Gasteiger partial charge is 0.461 e. The van der Waals surface area contributed by atoms with Crippen LogP contribution in [0.1, 0.15) is 29.4 Å². The lowest BCUT2D eigenvalue weighted by Gasteiger charge is -2.06. The van der Waals surface area contributed by atoms with E-state index in [-0.39, 0.29) is 11.6 Å². The van der Waals surface area contributed by atoms with Crippen LogP contribution in [-0.2, 0) is 4.74 Å². The van der Waals surface area contributed by atoms with Crippen LogP contribution in [0.3, 0.4) is 0 Å². The number of ether oxygens (including phenoxy) is 1. The van der Waals surface area contributed by atoms with Gasteiger partial charge in [-0.25, -0.2) is 18.6 Å². The molecule has 6 heteroatoms. The van der Waals surface area contributed by atoms with E-state index in [0.717, 1.165) is 12.3 Å². The van der Waals surface area contributed by atoms with Crippen molar-refractivity contribution in [3.05, 3.63) is 28.5 Å². The number of aromatic nitrogens is 1. The molecule has 82 valence electrons. The first kappa shape index (κ1) is 11.8. The molecule has 0 aliphatic rings. The summed E-state index contributed by atoms with van der Waals surface area (Å²) in [5, 5.41) is 0.0540. The predicted octanol–water partition coefficient (Wildman–Crippen LogP) is 2.85. The summed E-state index contributed by atoms with van der Waals surface area (Å²) >= 11 is 5.49. The molecule has 0 amide bonds. The van der Waals surface area contributed by atoms with Crippen LogP contribution in [0.5, 0.6) is 0 Å². The highest BCUT2D eigenvalue weighted by Gasteiger charge is 2.21. The van der Waals surface area contributed by atoms with E-state index in [1.54, 1.807) is 6.92 Å². The van der Waals surface area contributed by atoms with Crippen molar-refractivity contribution in [1.29, 1.82) is 0 Å². The molecule has 0 aliphatic heterocycles. The summed E-state index contributed by atoms with van der Waals surface area (Å²) in [5.74, 6) is -0.871. The standard InChI is InChI=1S/C9H8ClF2NO2/c1-2-15-9(14)7-6(8(11)12)3-5(10)4-13-7/h3-4,8H,2H2,1H3. The van der Waals surface area contributed by atoms with Gasteiger partial charge in [0.15, 0.2) is 5.69 Å². The van der Waals surface area contributed by atoms with Crippen LogP contribution in [0.25, 0.3) is 0 Å². The Morgan fingerprint density at radius 1 is 1.67 bits per heavy atom. The molecule has 1 aromatic heterocycles. The Morgan fingerprint density at radius 3 is 2.87 bits per heavy atom. The lowest BCUT2D eigenvalue weighted by Crippen LogP contribution is -2.10. The van der Waals surface area contributed by atoms with E-state index in [2.05, 4.69) is 9.72 Å². The quantitative estimate of drug-likeness (QED) is 0.757. The van der Waals surface area contributed by atoms with E-state index in [1.807, 2.05) is 0 Å². The molecule has 1 rings (SSSR count). The van der Waals surface area contributed by atoms with Gasteiger partial charge in [0, 0.05) is 6.20 Å². The topological polar surface area (TPSA) is 39.2 Å². The van der Waals surface area contributed by atoms with Gasteiger partial charge in [0.1, 0.15) is 0 Å². The fourth-order valence-electron chi connectivity index (χ4n) is 0.991. The Morgan fingerprint density at radius 2 is 2.33 bits per heavy atom. The number of pyridine rings is 1. The van der Waals surface area contributed by atoms with Gasteiger partial charge in [-0.05, 0) is 13.0 Å². The van der Waals surface area contributed by atoms with E-state index in [0.29, 0.717) is 0 Å². The van der Waals surface area contributed by atoms with E-state index in [1.165, 1.54) is 0 Å². The van der Waals surface area contributed by atoms with Crippen LogP contribution in [0, 0.1) is 0 Å². The van der Waals surface area contributed by atoms with Gasteiger partial charge in [0.05, 0.1) is 17.2 Å². The van der Waals surface area contributed by atoms with Crippen LogP contribution in [0.15, 0.2) is 12.3 Å². The molecule has 1 aromatic rings. The average molecular weight is 236 g/mol. The summed E-state index contributed by atoms with van der Waals surface area (Å²) in [5.41, 5.74) is -0.905. The van der Waals surface area contributed by atoms with Gasteiger partial charge in [-0.15, -0.1) is 0 Å². The molecule has 0 aliphatic carbocycles. The molecule has 0 atom stereocenters. The zero-order valence-corrected chi connectivity index (χ0v) is 8.59. The van der Waals surface area contributed by atoms with E-state index < -0.39 is 23.7 Å². The van der Waals surface area contributed by atoms with Crippen LogP contribution in [0.2, 0.25) is 5.02 Å². The number of esters is 1. The predicted molar refractivity (Wildman–Crippen MR) is 50.2 cm³/mol. The highest BCUT2D eigenvalue weighted by Crippen LogP contribution is 2.24. The fraction of sp³-hybridized carbons (Fsp3) is 0.333. The molecule has 0 N–H and O–H groups in total. The highest BCUT2D eigenvalue weighted by molar-refractivity contribution is 6.30. The molecule has 1 heterocycles. The van der Waals surface area contributed by atoms with Crippen molar-refractivity contribution in [2.75, 3.05) is 6.61 Å². The first-order valence-corrected chi connectivity index (χ1v) is 4.54. The number of halogens is 3. The normalized spacial score (nSPS) is 10.5. The van der Waals surface area contributed by atoms with E-state index in [9.17, 15) is 13.6 Å². The maximum atomic E-state index is 12.5. The molecule has 0 bridgehead atoms. The van der Waals surface area contributed by atoms with Crippen molar-refractivity contribution in [2.24, 2.45) is 0 Å². The van der Waals surface area contributed by atoms with Crippen molar-refractivity contribution < 1.29 is 18.3 Å². The van der Waals surface area contributed by atoms with Gasteiger partial charge in [0.25, 0.3) is 6.43 Å². The molecule has 0 saturated carbocycles. The van der Waals surface area contributed by atoms with Crippen molar-refractivity contribution >= 4 is 17.6 Å². The molecule has 0 saturated heterocycles. The van der Waals surface area contributed by atoms with Crippen LogP contribution in [-0.4, -0.2) is 17.6 Å². The summed E-state index contributed by atoms with van der Waals surface area (Å²) in [6.45, 7) is 1.68. The third kappa shape index (κ3) is 2.86. The second-order valence-corrected chi connectivity index (χ2v) is 3.05. The van der Waals surface area contributed by atoms with Crippen LogP contribution >= 0.6 is 11.6 Å². The van der Waals surface area contributed by atoms with Crippen molar-refractivity contribution in [1.82, 2.24) is 4.98 Å². The van der Waals surface area contributed by atoms with E-state index >= 15 is 0 Å². The van der Waals surface area contributed by atoms with Gasteiger partial charge in [-0.3, -0.25) is 0 Å². The minimum atomic E-state index is -2.81. The summed E-state index contributed by atoms with van der Waals surface area (Å²) in [4.78, 5) is 14.8. The number of rotatable bonds is 3. The summed E-state index contributed by atoms with van der Waals surface area (Å²) in [6.07, 6.45) is -1.68. The Labute approximate surface area is 90.0 Å². The lowest BCUT2D eigenvalue weighted by molar-refractivity contribution is 0.0507. The maximum Gasteiger partial charge on any atom is 0.357 e. The first-order valence-electron chi connectivity index (χ1n) is 4.17. The smallest absolute Gasteiger partial charge is 0.357 e. The monoisotopic (exact) mass is 235 g/mol. The third-order valence-corrected chi connectivity index (χ3v) is 1.79. The number of hydrogen-bond donors (Lipinski definition) is 0. The molecule has 3 nitrogen and oxygen atoms in total. The molecular formula is C9H8ClF2NO2. The van der Waals surface area contributed by atoms with E-state index in [4.69, 9.17) is 11.6 Å². The molecule has 0 radical (unpaired) electrons. The second kappa shape index (κ2) is 5.02. The highest BCUT2D eigenvalue weighted by atomic mass is 35.5. The number of carbonyl (C=O) groups excluding carboxylic acids is 1. The number of alkyl halides is 2. The molecule has 0 unspecified atom stereocenters. The lowest BCUT2D eigenvalue weighted by atomic mass is 10.2. The Balaban J connectivity index is 3.11. The molecule has 15 heavy (non-hydrogen) atoms. The van der Waals surface area contributed by atoms with Gasteiger partial charge in [0.2, 0.25) is 0 Å². The molecular weight excluding hydrogens is 228 g/mol. The van der Waals surface area contributed by atoms with Crippen LogP contribution < -0.4 is 0 Å². The number of carbonyl (C=O) groups is 1. The Kier molecular flexibility index (Phi) is 3.96. The van der Waals surface area contributed by atoms with Gasteiger partial charge < -0.3 is 4.74 Å². The van der Waals surface area contributed by atoms with Crippen LogP contribution in [0.4, 0.5) is 8.78 Å². The third-order valence-electron chi connectivity index (χ3n) is 1.59. The minimum Gasteiger partial charge on any atom is -0.461 e. The minimum absolute atomic E-state index is 0.0540. The first-order chi connectivity index (χ1) is 7.06. The summed E-state index contributed by atoms with van der Waals surface area (Å²) in [6, 6.07) is 1.01. The summed E-state index contributed by atoms with van der Waals surface area (Å²) in [7, 11) is 0. The molecule has 0 fully saturated rings. The zero-order chi connectivity index (χ0) is 11.4. The second-order valence-electron chi connectivity index (χ2n) is 2.61. The van der Waals surface area contributed by atoms with Crippen molar-refractivity contribution in [3.63, 3.8) is 0 Å². The average Bonchev–Trinajstić information content (AvgIpc) is 2.17.